The summed E-state index contributed by atoms with van der Waals surface area (Å²) in [6.45, 7) is 0. The number of hydrogen-bond donors (Lipinski definition) is 2. The molecule has 3 N–H and O–H groups in total. The fourth-order valence-electron chi connectivity index (χ4n) is 5.09. The Labute approximate surface area is 197 Å². The predicted octanol–water partition coefficient (Wildman–Crippen LogP) is 2.82. The van der Waals surface area contributed by atoms with Crippen LogP contribution in [0.1, 0.15) is 44.9 Å². The highest BCUT2D eigenvalue weighted by atomic mass is 32.2. The molecule has 0 bridgehead atoms. The van der Waals surface area contributed by atoms with Gasteiger partial charge in [-0.15, -0.1) is 5.10 Å². The Morgan fingerprint density at radius 2 is 1.94 bits per heavy atom. The summed E-state index contributed by atoms with van der Waals surface area (Å²) in [5.74, 6) is 2.57. The van der Waals surface area contributed by atoms with Crippen LogP contribution in [0.3, 0.4) is 0 Å². The zero-order chi connectivity index (χ0) is 23.5. The molecule has 11 nitrogen and oxygen atoms in total. The fraction of sp³-hybridized carbons (Fsp3) is 0.455. The van der Waals surface area contributed by atoms with Crippen LogP contribution in [0.4, 0.5) is 17.6 Å². The third kappa shape index (κ3) is 3.40. The number of anilines is 3. The summed E-state index contributed by atoms with van der Waals surface area (Å²) in [6, 6.07) is 5.42. The molecule has 1 spiro atoms. The van der Waals surface area contributed by atoms with E-state index in [-0.39, 0.29) is 10.4 Å². The molecule has 3 aromatic heterocycles. The van der Waals surface area contributed by atoms with Crippen molar-refractivity contribution < 1.29 is 13.2 Å². The molecule has 1 aliphatic heterocycles. The van der Waals surface area contributed by atoms with E-state index in [1.54, 1.807) is 13.3 Å². The van der Waals surface area contributed by atoms with Crippen LogP contribution in [0.2, 0.25) is 0 Å². The third-order valence-electron chi connectivity index (χ3n) is 6.85. The molecule has 6 rings (SSSR count). The van der Waals surface area contributed by atoms with Gasteiger partial charge in [0.15, 0.2) is 0 Å². The van der Waals surface area contributed by atoms with Crippen LogP contribution in [0.25, 0.3) is 11.0 Å². The van der Waals surface area contributed by atoms with Gasteiger partial charge in [0, 0.05) is 17.8 Å². The predicted molar refractivity (Wildman–Crippen MR) is 127 cm³/mol. The van der Waals surface area contributed by atoms with E-state index in [1.165, 1.54) is 24.8 Å². The van der Waals surface area contributed by atoms with Crippen LogP contribution in [-0.4, -0.2) is 47.0 Å². The van der Waals surface area contributed by atoms with Crippen molar-refractivity contribution in [2.45, 2.75) is 61.4 Å². The summed E-state index contributed by atoms with van der Waals surface area (Å²) in [5, 5.41) is 16.2. The number of hydrazone groups is 1. The van der Waals surface area contributed by atoms with Crippen molar-refractivity contribution in [1.29, 1.82) is 0 Å². The van der Waals surface area contributed by atoms with Crippen molar-refractivity contribution in [1.82, 2.24) is 19.5 Å². The number of hydrogen-bond acceptors (Lipinski definition) is 9. The molecule has 0 amide bonds. The SMILES string of the molecule is COC1=NN(C2CC2)c2cc3cnc(Nc4ccc(S(N)(=O)=O)cn4)nc3n2C12CCCCC2. The average molecular weight is 483 g/mol. The van der Waals surface area contributed by atoms with Crippen LogP contribution in [-0.2, 0) is 20.3 Å². The van der Waals surface area contributed by atoms with E-state index in [1.807, 2.05) is 0 Å². The molecule has 0 aromatic carbocycles. The van der Waals surface area contributed by atoms with Crippen molar-refractivity contribution in [3.8, 4) is 0 Å². The number of nitrogens with zero attached hydrogens (tertiary/aromatic N) is 6. The molecule has 3 aromatic rings. The van der Waals surface area contributed by atoms with Crippen LogP contribution in [0, 0.1) is 0 Å². The molecule has 2 aliphatic carbocycles. The van der Waals surface area contributed by atoms with Gasteiger partial charge in [-0.1, -0.05) is 19.3 Å². The Kier molecular flexibility index (Phi) is 4.78. The van der Waals surface area contributed by atoms with E-state index in [2.05, 4.69) is 30.9 Å². The number of rotatable bonds is 4. The average Bonchev–Trinajstić information content (AvgIpc) is 3.59. The maximum Gasteiger partial charge on any atom is 0.239 e. The number of methoxy groups -OCH3 is 1. The second-order valence-corrected chi connectivity index (χ2v) is 10.7. The van der Waals surface area contributed by atoms with Gasteiger partial charge in [-0.05, 0) is 43.9 Å². The first-order valence-electron chi connectivity index (χ1n) is 11.5. The summed E-state index contributed by atoms with van der Waals surface area (Å²) in [7, 11) is -2.10. The number of nitrogens with two attached hydrogens (primary N) is 1. The summed E-state index contributed by atoms with van der Waals surface area (Å²) in [4.78, 5) is 13.4. The number of sulfonamides is 1. The van der Waals surface area contributed by atoms with Gasteiger partial charge in [-0.2, -0.15) is 4.98 Å². The third-order valence-corrected chi connectivity index (χ3v) is 7.75. The molecule has 12 heteroatoms. The number of primary sulfonamides is 1. The Hall–Kier alpha value is -3.25. The summed E-state index contributed by atoms with van der Waals surface area (Å²) in [6.07, 6.45) is 10.5. The molecule has 2 saturated carbocycles. The normalized spacial score (nSPS) is 19.7. The van der Waals surface area contributed by atoms with Gasteiger partial charge < -0.3 is 10.1 Å². The fourth-order valence-corrected chi connectivity index (χ4v) is 5.55. The lowest BCUT2D eigenvalue weighted by Crippen LogP contribution is -2.50. The molecular weight excluding hydrogens is 456 g/mol. The Morgan fingerprint density at radius 1 is 1.15 bits per heavy atom. The van der Waals surface area contributed by atoms with Crippen molar-refractivity contribution in [2.24, 2.45) is 10.2 Å². The minimum absolute atomic E-state index is 0.0547. The van der Waals surface area contributed by atoms with Crippen LogP contribution >= 0.6 is 0 Å². The first-order valence-corrected chi connectivity index (χ1v) is 13.0. The number of ether oxygens (including phenoxy) is 1. The lowest BCUT2D eigenvalue weighted by molar-refractivity contribution is 0.220. The van der Waals surface area contributed by atoms with Crippen LogP contribution in [0.5, 0.6) is 0 Å². The lowest BCUT2D eigenvalue weighted by atomic mass is 9.80. The molecule has 3 aliphatic rings. The zero-order valence-corrected chi connectivity index (χ0v) is 19.6. The van der Waals surface area contributed by atoms with Gasteiger partial charge >= 0.3 is 0 Å². The van der Waals surface area contributed by atoms with Gasteiger partial charge in [0.2, 0.25) is 21.9 Å². The second-order valence-electron chi connectivity index (χ2n) is 9.14. The largest absolute Gasteiger partial charge is 0.481 e. The van der Waals surface area contributed by atoms with Crippen molar-refractivity contribution in [3.63, 3.8) is 0 Å². The number of pyridine rings is 1. The van der Waals surface area contributed by atoms with Gasteiger partial charge in [-0.25, -0.2) is 28.5 Å². The highest BCUT2D eigenvalue weighted by Crippen LogP contribution is 2.47. The van der Waals surface area contributed by atoms with E-state index < -0.39 is 10.0 Å². The van der Waals surface area contributed by atoms with Gasteiger partial charge in [0.05, 0.1) is 13.2 Å². The van der Waals surface area contributed by atoms with Crippen molar-refractivity contribution >= 4 is 44.5 Å². The topological polar surface area (TPSA) is 141 Å². The van der Waals surface area contributed by atoms with Crippen LogP contribution < -0.4 is 15.5 Å². The first kappa shape index (κ1) is 21.3. The Bertz CT molecular complexity index is 1390. The van der Waals surface area contributed by atoms with Gasteiger partial charge in [-0.3, -0.25) is 4.57 Å². The van der Waals surface area contributed by atoms with Gasteiger partial charge in [0.1, 0.15) is 27.7 Å². The number of aromatic nitrogens is 4. The van der Waals surface area contributed by atoms with E-state index in [4.69, 9.17) is 20.0 Å². The second kappa shape index (κ2) is 7.64. The minimum Gasteiger partial charge on any atom is -0.481 e. The van der Waals surface area contributed by atoms with Crippen LogP contribution in [0.15, 0.2) is 40.6 Å². The molecule has 0 saturated heterocycles. The standard InChI is InChI=1S/C22H26N8O3S/c1-33-20-22(9-3-2-4-10-22)29-18(30(28-20)15-5-6-15)11-14-12-25-21(27-19(14)29)26-17-8-7-16(13-24-17)34(23,31)32/h7-8,11-13,15H,2-6,9-10H2,1H3,(H2,23,31,32)(H,24,25,26,27). The van der Waals surface area contributed by atoms with E-state index in [9.17, 15) is 8.42 Å². The van der Waals surface area contributed by atoms with Gasteiger partial charge in [0.25, 0.3) is 0 Å². The Morgan fingerprint density at radius 3 is 2.59 bits per heavy atom. The molecule has 0 atom stereocenters. The monoisotopic (exact) mass is 482 g/mol. The molecule has 4 heterocycles. The molecule has 0 unspecified atom stereocenters. The van der Waals surface area contributed by atoms with Crippen molar-refractivity contribution in [2.75, 3.05) is 17.4 Å². The summed E-state index contributed by atoms with van der Waals surface area (Å²) >= 11 is 0. The smallest absolute Gasteiger partial charge is 0.239 e. The van der Waals surface area contributed by atoms with E-state index in [0.29, 0.717) is 17.8 Å². The highest BCUT2D eigenvalue weighted by Gasteiger charge is 2.49. The maximum atomic E-state index is 11.5. The first-order chi connectivity index (χ1) is 16.4. The Balaban J connectivity index is 1.44. The molecule has 178 valence electrons. The minimum atomic E-state index is -3.81. The van der Waals surface area contributed by atoms with E-state index in [0.717, 1.165) is 61.3 Å². The molecular formula is C22H26N8O3S. The summed E-state index contributed by atoms with van der Waals surface area (Å²) < 4.78 is 31.2. The zero-order valence-electron chi connectivity index (χ0n) is 18.8. The van der Waals surface area contributed by atoms with Crippen molar-refractivity contribution in [3.05, 3.63) is 30.6 Å². The highest BCUT2D eigenvalue weighted by molar-refractivity contribution is 7.89. The summed E-state index contributed by atoms with van der Waals surface area (Å²) in [5.41, 5.74) is 0.446. The molecule has 34 heavy (non-hydrogen) atoms. The van der Waals surface area contributed by atoms with E-state index >= 15 is 0 Å². The maximum absolute atomic E-state index is 11.5. The molecule has 0 radical (unpaired) electrons. The quantitative estimate of drug-likeness (QED) is 0.578. The number of fused-ring (bicyclic) bond motifs is 4. The lowest BCUT2D eigenvalue weighted by Gasteiger charge is -2.44. The number of nitrogens with one attached hydrogen (secondary N) is 1. The molecule has 2 fully saturated rings.